The number of carbonyl (C=O) groups is 2. The lowest BCUT2D eigenvalue weighted by atomic mass is 10.1. The van der Waals surface area contributed by atoms with Crippen molar-refractivity contribution in [2.75, 3.05) is 12.4 Å². The second kappa shape index (κ2) is 6.74. The highest BCUT2D eigenvalue weighted by atomic mass is 79.9. The number of anilines is 1. The van der Waals surface area contributed by atoms with Crippen LogP contribution in [0.25, 0.3) is 0 Å². The molecule has 0 saturated heterocycles. The molecule has 0 bridgehead atoms. The Morgan fingerprint density at radius 2 is 1.76 bits per heavy atom. The summed E-state index contributed by atoms with van der Waals surface area (Å²) in [6.07, 6.45) is 0. The summed E-state index contributed by atoms with van der Waals surface area (Å²) in [6.45, 7) is 0. The Hall–Kier alpha value is -1.85. The first-order valence-corrected chi connectivity index (χ1v) is 7.27. The molecule has 0 aliphatic heterocycles. The van der Waals surface area contributed by atoms with Crippen LogP contribution in [0.4, 0.5) is 5.69 Å². The fourth-order valence-electron chi connectivity index (χ4n) is 1.72. The molecule has 0 aliphatic rings. The van der Waals surface area contributed by atoms with E-state index in [-0.39, 0.29) is 11.8 Å². The highest BCUT2D eigenvalue weighted by Crippen LogP contribution is 2.23. The van der Waals surface area contributed by atoms with Gasteiger partial charge in [-0.25, -0.2) is 0 Å². The Bertz CT molecular complexity index is 704. The van der Waals surface area contributed by atoms with Crippen LogP contribution in [0.2, 0.25) is 5.02 Å². The minimum atomic E-state index is -0.276. The van der Waals surface area contributed by atoms with E-state index >= 15 is 0 Å². The van der Waals surface area contributed by atoms with Gasteiger partial charge in [-0.3, -0.25) is 9.59 Å². The van der Waals surface area contributed by atoms with Crippen LogP contribution in [0.15, 0.2) is 46.9 Å². The molecule has 0 spiro atoms. The third kappa shape index (κ3) is 3.83. The van der Waals surface area contributed by atoms with Gasteiger partial charge in [-0.15, -0.1) is 0 Å². The lowest BCUT2D eigenvalue weighted by Gasteiger charge is -2.08. The van der Waals surface area contributed by atoms with Crippen LogP contribution in [-0.2, 0) is 0 Å². The number of amides is 2. The Morgan fingerprint density at radius 1 is 1.05 bits per heavy atom. The van der Waals surface area contributed by atoms with Crippen LogP contribution in [-0.4, -0.2) is 18.9 Å². The zero-order valence-corrected chi connectivity index (χ0v) is 13.5. The van der Waals surface area contributed by atoms with E-state index in [0.717, 1.165) is 0 Å². The number of hydrogen-bond donors (Lipinski definition) is 2. The van der Waals surface area contributed by atoms with Gasteiger partial charge in [0.05, 0.1) is 5.02 Å². The predicted molar refractivity (Wildman–Crippen MR) is 86.9 cm³/mol. The molecular formula is C15H12BrClN2O2. The first-order chi connectivity index (χ1) is 10.0. The largest absolute Gasteiger partial charge is 0.355 e. The summed E-state index contributed by atoms with van der Waals surface area (Å²) in [7, 11) is 1.55. The van der Waals surface area contributed by atoms with Gasteiger partial charge in [-0.2, -0.15) is 0 Å². The van der Waals surface area contributed by atoms with Gasteiger partial charge in [0, 0.05) is 28.3 Å². The molecule has 0 heterocycles. The van der Waals surface area contributed by atoms with Crippen LogP contribution >= 0.6 is 27.5 Å². The first-order valence-electron chi connectivity index (χ1n) is 6.10. The van der Waals surface area contributed by atoms with E-state index in [4.69, 9.17) is 11.6 Å². The summed E-state index contributed by atoms with van der Waals surface area (Å²) in [4.78, 5) is 23.7. The zero-order chi connectivity index (χ0) is 15.4. The normalized spacial score (nSPS) is 10.0. The molecule has 0 fully saturated rings. The van der Waals surface area contributed by atoms with E-state index in [2.05, 4.69) is 26.6 Å². The van der Waals surface area contributed by atoms with Crippen LogP contribution in [0.3, 0.4) is 0 Å². The third-order valence-electron chi connectivity index (χ3n) is 2.79. The lowest BCUT2D eigenvalue weighted by Crippen LogP contribution is -2.18. The summed E-state index contributed by atoms with van der Waals surface area (Å²) in [5.74, 6) is -0.484. The fraction of sp³-hybridized carbons (Fsp3) is 0.0667. The van der Waals surface area contributed by atoms with Gasteiger partial charge < -0.3 is 10.6 Å². The lowest BCUT2D eigenvalue weighted by molar-refractivity contribution is 0.0961. The van der Waals surface area contributed by atoms with E-state index in [1.807, 2.05) is 0 Å². The second-order valence-corrected chi connectivity index (χ2v) is 5.50. The van der Waals surface area contributed by atoms with Crippen molar-refractivity contribution in [3.05, 3.63) is 63.1 Å². The highest BCUT2D eigenvalue weighted by Gasteiger charge is 2.10. The quantitative estimate of drug-likeness (QED) is 0.869. The molecule has 0 atom stereocenters. The highest BCUT2D eigenvalue weighted by molar-refractivity contribution is 9.10. The summed E-state index contributed by atoms with van der Waals surface area (Å²) >= 11 is 9.17. The van der Waals surface area contributed by atoms with Crippen LogP contribution in [0.5, 0.6) is 0 Å². The zero-order valence-electron chi connectivity index (χ0n) is 11.1. The van der Waals surface area contributed by atoms with Crippen molar-refractivity contribution in [3.63, 3.8) is 0 Å². The van der Waals surface area contributed by atoms with Gasteiger partial charge in [-0.05, 0) is 52.3 Å². The van der Waals surface area contributed by atoms with Gasteiger partial charge in [0.15, 0.2) is 0 Å². The molecule has 2 aromatic carbocycles. The molecule has 0 saturated carbocycles. The Kier molecular flexibility index (Phi) is 4.98. The van der Waals surface area contributed by atoms with Crippen LogP contribution in [0, 0.1) is 0 Å². The minimum Gasteiger partial charge on any atom is -0.355 e. The van der Waals surface area contributed by atoms with Crippen molar-refractivity contribution < 1.29 is 9.59 Å². The first kappa shape index (κ1) is 15.5. The number of rotatable bonds is 3. The van der Waals surface area contributed by atoms with Crippen LogP contribution < -0.4 is 10.6 Å². The molecule has 2 N–H and O–H groups in total. The fourth-order valence-corrected chi connectivity index (χ4v) is 2.22. The maximum Gasteiger partial charge on any atom is 0.255 e. The van der Waals surface area contributed by atoms with Gasteiger partial charge >= 0.3 is 0 Å². The van der Waals surface area contributed by atoms with Gasteiger partial charge in [0.2, 0.25) is 0 Å². The molecule has 2 amide bonds. The predicted octanol–water partition coefficient (Wildman–Crippen LogP) is 3.71. The van der Waals surface area contributed by atoms with Gasteiger partial charge in [0.1, 0.15) is 0 Å². The molecule has 21 heavy (non-hydrogen) atoms. The van der Waals surface area contributed by atoms with E-state index < -0.39 is 0 Å². The SMILES string of the molecule is CNC(=O)c1cccc(NC(=O)c2ccc(Cl)c(Br)c2)c1. The summed E-state index contributed by atoms with van der Waals surface area (Å²) in [6, 6.07) is 11.6. The molecule has 4 nitrogen and oxygen atoms in total. The average Bonchev–Trinajstić information content (AvgIpc) is 2.49. The third-order valence-corrected chi connectivity index (χ3v) is 4.01. The smallest absolute Gasteiger partial charge is 0.255 e. The van der Waals surface area contributed by atoms with Crippen molar-refractivity contribution >= 4 is 45.0 Å². The van der Waals surface area contributed by atoms with Crippen molar-refractivity contribution in [1.29, 1.82) is 0 Å². The molecule has 108 valence electrons. The second-order valence-electron chi connectivity index (χ2n) is 4.24. The molecule has 2 aromatic rings. The molecule has 0 aliphatic carbocycles. The monoisotopic (exact) mass is 366 g/mol. The molecule has 6 heteroatoms. The van der Waals surface area contributed by atoms with E-state index in [1.54, 1.807) is 49.5 Å². The molecule has 2 rings (SSSR count). The summed E-state index contributed by atoms with van der Waals surface area (Å²) in [5.41, 5.74) is 1.50. The number of hydrogen-bond acceptors (Lipinski definition) is 2. The van der Waals surface area contributed by atoms with Gasteiger partial charge in [-0.1, -0.05) is 17.7 Å². The molecule has 0 radical (unpaired) electrons. The van der Waals surface area contributed by atoms with E-state index in [1.165, 1.54) is 0 Å². The molecular weight excluding hydrogens is 356 g/mol. The number of halogens is 2. The van der Waals surface area contributed by atoms with E-state index in [0.29, 0.717) is 26.3 Å². The van der Waals surface area contributed by atoms with Crippen molar-refractivity contribution in [2.24, 2.45) is 0 Å². The number of benzene rings is 2. The Morgan fingerprint density at radius 3 is 2.43 bits per heavy atom. The summed E-state index contributed by atoms with van der Waals surface area (Å²) < 4.78 is 0.649. The van der Waals surface area contributed by atoms with Crippen molar-refractivity contribution in [3.8, 4) is 0 Å². The van der Waals surface area contributed by atoms with Crippen molar-refractivity contribution in [2.45, 2.75) is 0 Å². The summed E-state index contributed by atoms with van der Waals surface area (Å²) in [5, 5.41) is 5.81. The number of nitrogens with one attached hydrogen (secondary N) is 2. The maximum atomic E-state index is 12.2. The van der Waals surface area contributed by atoms with E-state index in [9.17, 15) is 9.59 Å². The minimum absolute atomic E-state index is 0.208. The molecule has 0 aromatic heterocycles. The van der Waals surface area contributed by atoms with Crippen molar-refractivity contribution in [1.82, 2.24) is 5.32 Å². The maximum absolute atomic E-state index is 12.2. The standard InChI is InChI=1S/C15H12BrClN2O2/c1-18-14(20)9-3-2-4-11(7-9)19-15(21)10-5-6-13(17)12(16)8-10/h2-8H,1H3,(H,18,20)(H,19,21). The van der Waals surface area contributed by atoms with Crippen LogP contribution in [0.1, 0.15) is 20.7 Å². The Labute approximate surface area is 135 Å². The topological polar surface area (TPSA) is 58.2 Å². The van der Waals surface area contributed by atoms with Gasteiger partial charge in [0.25, 0.3) is 11.8 Å². The average molecular weight is 368 g/mol. The molecule has 0 unspecified atom stereocenters. The number of carbonyl (C=O) groups excluding carboxylic acids is 2. The Balaban J connectivity index is 2.19.